The van der Waals surface area contributed by atoms with E-state index in [1.165, 1.54) is 0 Å². The van der Waals surface area contributed by atoms with Crippen LogP contribution in [0.2, 0.25) is 0 Å². The van der Waals surface area contributed by atoms with Gasteiger partial charge in [-0.15, -0.1) is 24.0 Å². The van der Waals surface area contributed by atoms with Gasteiger partial charge in [-0.3, -0.25) is 9.79 Å². The molecule has 0 radical (unpaired) electrons. The lowest BCUT2D eigenvalue weighted by molar-refractivity contribution is -0.121. The minimum Gasteiger partial charge on any atom is -0.482 e. The summed E-state index contributed by atoms with van der Waals surface area (Å²) in [4.78, 5) is 18.6. The molecule has 0 saturated carbocycles. The summed E-state index contributed by atoms with van der Waals surface area (Å²) < 4.78 is 16.6. The highest BCUT2D eigenvalue weighted by molar-refractivity contribution is 14.0. The number of hydrogen-bond acceptors (Lipinski definition) is 5. The Kier molecular flexibility index (Phi) is 11.2. The monoisotopic (exact) mass is 532 g/mol. The molecule has 1 atom stereocenters. The molecule has 8 nitrogen and oxygen atoms in total. The predicted octanol–water partition coefficient (Wildman–Crippen LogP) is 2.17. The second-order valence-electron chi connectivity index (χ2n) is 7.05. The minimum absolute atomic E-state index is 0. The second kappa shape index (κ2) is 13.7. The summed E-state index contributed by atoms with van der Waals surface area (Å²) in [6.07, 6.45) is 2.94. The van der Waals surface area contributed by atoms with Crippen LogP contribution in [0.5, 0.6) is 5.75 Å². The molecule has 30 heavy (non-hydrogen) atoms. The summed E-state index contributed by atoms with van der Waals surface area (Å²) in [7, 11) is 0. The van der Waals surface area contributed by atoms with Crippen LogP contribution in [0.3, 0.4) is 0 Å². The molecule has 2 N–H and O–H groups in total. The normalized spacial score (nSPS) is 18.4. The van der Waals surface area contributed by atoms with Crippen LogP contribution in [0, 0.1) is 0 Å². The number of carbonyl (C=O) groups is 1. The highest BCUT2D eigenvalue weighted by Crippen LogP contribution is 2.31. The standard InChI is InChI=1S/C21H32N4O4.HI/c1-2-22-21(24-11-6-13-28-17-9-14-27-15-17)23-10-5-12-25-18-7-3-4-8-19(18)29-16-20(25)26;/h3-4,7-8,17H,2,5-6,9-16H2,1H3,(H2,22,23,24);1H. The van der Waals surface area contributed by atoms with E-state index in [2.05, 4.69) is 15.6 Å². The molecular formula is C21H33IN4O4. The van der Waals surface area contributed by atoms with E-state index in [0.29, 0.717) is 19.7 Å². The summed E-state index contributed by atoms with van der Waals surface area (Å²) in [5, 5.41) is 6.59. The van der Waals surface area contributed by atoms with Crippen molar-refractivity contribution in [1.29, 1.82) is 0 Å². The fourth-order valence-corrected chi connectivity index (χ4v) is 3.33. The lowest BCUT2D eigenvalue weighted by Gasteiger charge is -2.29. The third kappa shape index (κ3) is 7.59. The third-order valence-electron chi connectivity index (χ3n) is 4.82. The number of nitrogens with zero attached hydrogens (tertiary/aromatic N) is 2. The first-order valence-electron chi connectivity index (χ1n) is 10.5. The molecule has 1 saturated heterocycles. The van der Waals surface area contributed by atoms with Crippen LogP contribution in [0.15, 0.2) is 29.3 Å². The fourth-order valence-electron chi connectivity index (χ4n) is 3.33. The molecule has 168 valence electrons. The number of ether oxygens (including phenoxy) is 3. The summed E-state index contributed by atoms with van der Waals surface area (Å²) >= 11 is 0. The number of amides is 1. The number of guanidine groups is 1. The molecule has 0 aliphatic carbocycles. The van der Waals surface area contributed by atoms with Crippen molar-refractivity contribution in [1.82, 2.24) is 10.6 Å². The van der Waals surface area contributed by atoms with Crippen LogP contribution in [-0.2, 0) is 14.3 Å². The van der Waals surface area contributed by atoms with Crippen molar-refractivity contribution in [2.24, 2.45) is 4.99 Å². The zero-order chi connectivity index (χ0) is 20.3. The van der Waals surface area contributed by atoms with Crippen molar-refractivity contribution in [3.8, 4) is 5.75 Å². The van der Waals surface area contributed by atoms with E-state index < -0.39 is 0 Å². The number of carbonyl (C=O) groups excluding carboxylic acids is 1. The molecule has 3 rings (SSSR count). The number of halogens is 1. The number of para-hydroxylation sites is 2. The molecular weight excluding hydrogens is 499 g/mol. The number of aliphatic imine (C=N–C) groups is 1. The SMILES string of the molecule is CCNC(=NCCCN1C(=O)COc2ccccc21)NCCCOC1CCOC1.I. The Labute approximate surface area is 195 Å². The van der Waals surface area contributed by atoms with Gasteiger partial charge >= 0.3 is 0 Å². The Morgan fingerprint density at radius 1 is 1.30 bits per heavy atom. The summed E-state index contributed by atoms with van der Waals surface area (Å²) in [6, 6.07) is 7.64. The van der Waals surface area contributed by atoms with Crippen LogP contribution >= 0.6 is 24.0 Å². The average Bonchev–Trinajstić information content (AvgIpc) is 3.25. The van der Waals surface area contributed by atoms with Crippen LogP contribution in [0.4, 0.5) is 5.69 Å². The van der Waals surface area contributed by atoms with Crippen molar-refractivity contribution in [2.75, 3.05) is 57.5 Å². The maximum atomic E-state index is 12.2. The summed E-state index contributed by atoms with van der Waals surface area (Å²) in [5.74, 6) is 1.55. The van der Waals surface area contributed by atoms with Crippen molar-refractivity contribution in [3.05, 3.63) is 24.3 Å². The van der Waals surface area contributed by atoms with E-state index in [9.17, 15) is 4.79 Å². The first-order chi connectivity index (χ1) is 14.3. The molecule has 1 aromatic carbocycles. The number of anilines is 1. The zero-order valence-corrected chi connectivity index (χ0v) is 19.9. The number of rotatable bonds is 10. The Hall–Kier alpha value is -1.59. The van der Waals surface area contributed by atoms with Gasteiger partial charge in [0.2, 0.25) is 0 Å². The molecule has 1 aromatic rings. The molecule has 2 aliphatic rings. The van der Waals surface area contributed by atoms with E-state index in [-0.39, 0.29) is 42.6 Å². The topological polar surface area (TPSA) is 84.4 Å². The fraction of sp³-hybridized carbons (Fsp3) is 0.619. The maximum Gasteiger partial charge on any atom is 0.265 e. The first kappa shape index (κ1) is 24.7. The highest BCUT2D eigenvalue weighted by Gasteiger charge is 2.24. The van der Waals surface area contributed by atoms with Gasteiger partial charge in [0.25, 0.3) is 5.91 Å². The van der Waals surface area contributed by atoms with Gasteiger partial charge in [0.05, 0.1) is 18.4 Å². The predicted molar refractivity (Wildman–Crippen MR) is 128 cm³/mol. The quantitative estimate of drug-likeness (QED) is 0.208. The molecule has 1 fully saturated rings. The van der Waals surface area contributed by atoms with Crippen LogP contribution in [-0.4, -0.2) is 70.6 Å². The Bertz CT molecular complexity index is 683. The Balaban J connectivity index is 0.00000320. The van der Waals surface area contributed by atoms with E-state index in [1.54, 1.807) is 4.90 Å². The zero-order valence-electron chi connectivity index (χ0n) is 17.6. The van der Waals surface area contributed by atoms with Gasteiger partial charge in [0.15, 0.2) is 12.6 Å². The van der Waals surface area contributed by atoms with Crippen LogP contribution in [0.1, 0.15) is 26.2 Å². The molecule has 2 aliphatic heterocycles. The number of benzene rings is 1. The highest BCUT2D eigenvalue weighted by atomic mass is 127. The molecule has 1 unspecified atom stereocenters. The lowest BCUT2D eigenvalue weighted by atomic mass is 10.2. The molecule has 0 spiro atoms. The van der Waals surface area contributed by atoms with E-state index in [1.807, 2.05) is 31.2 Å². The van der Waals surface area contributed by atoms with Crippen molar-refractivity contribution >= 4 is 41.5 Å². The average molecular weight is 532 g/mol. The first-order valence-corrected chi connectivity index (χ1v) is 10.5. The molecule has 0 bridgehead atoms. The smallest absolute Gasteiger partial charge is 0.265 e. The summed E-state index contributed by atoms with van der Waals surface area (Å²) in [5.41, 5.74) is 0.838. The second-order valence-corrected chi connectivity index (χ2v) is 7.05. The van der Waals surface area contributed by atoms with E-state index >= 15 is 0 Å². The van der Waals surface area contributed by atoms with Gasteiger partial charge < -0.3 is 29.7 Å². The number of nitrogens with one attached hydrogen (secondary N) is 2. The number of fused-ring (bicyclic) bond motifs is 1. The van der Waals surface area contributed by atoms with Crippen molar-refractivity contribution in [2.45, 2.75) is 32.3 Å². The van der Waals surface area contributed by atoms with Gasteiger partial charge in [0.1, 0.15) is 5.75 Å². The maximum absolute atomic E-state index is 12.2. The third-order valence-corrected chi connectivity index (χ3v) is 4.82. The van der Waals surface area contributed by atoms with Crippen LogP contribution in [0.25, 0.3) is 0 Å². The summed E-state index contributed by atoms with van der Waals surface area (Å²) in [6.45, 7) is 7.25. The van der Waals surface area contributed by atoms with Gasteiger partial charge in [-0.1, -0.05) is 12.1 Å². The van der Waals surface area contributed by atoms with Crippen LogP contribution < -0.4 is 20.3 Å². The van der Waals surface area contributed by atoms with Gasteiger partial charge in [-0.2, -0.15) is 0 Å². The molecule has 2 heterocycles. The van der Waals surface area contributed by atoms with Gasteiger partial charge in [-0.05, 0) is 38.3 Å². The van der Waals surface area contributed by atoms with Crippen molar-refractivity contribution in [3.63, 3.8) is 0 Å². The Morgan fingerprint density at radius 3 is 2.97 bits per heavy atom. The van der Waals surface area contributed by atoms with E-state index in [4.69, 9.17) is 14.2 Å². The lowest BCUT2D eigenvalue weighted by Crippen LogP contribution is -2.40. The largest absolute Gasteiger partial charge is 0.482 e. The number of hydrogen-bond donors (Lipinski definition) is 2. The molecule has 1 amide bonds. The minimum atomic E-state index is -0.00891. The van der Waals surface area contributed by atoms with Gasteiger partial charge in [-0.25, -0.2) is 0 Å². The molecule has 9 heteroatoms. The van der Waals surface area contributed by atoms with Crippen molar-refractivity contribution < 1.29 is 19.0 Å². The molecule has 0 aromatic heterocycles. The van der Waals surface area contributed by atoms with Gasteiger partial charge in [0, 0.05) is 39.4 Å². The Morgan fingerprint density at radius 2 is 2.17 bits per heavy atom. The van der Waals surface area contributed by atoms with E-state index in [0.717, 1.165) is 63.0 Å².